The summed E-state index contributed by atoms with van der Waals surface area (Å²) >= 11 is 0. The Labute approximate surface area is 191 Å². The van der Waals surface area contributed by atoms with E-state index in [1.165, 1.54) is 5.56 Å². The van der Waals surface area contributed by atoms with Crippen LogP contribution < -0.4 is 14.5 Å². The third kappa shape index (κ3) is 4.84. The van der Waals surface area contributed by atoms with Crippen molar-refractivity contribution in [1.29, 1.82) is 0 Å². The number of sulfonamides is 1. The van der Waals surface area contributed by atoms with Crippen LogP contribution in [0, 0.1) is 12.8 Å². The highest BCUT2D eigenvalue weighted by Crippen LogP contribution is 2.39. The van der Waals surface area contributed by atoms with Gasteiger partial charge in [0.05, 0.1) is 4.90 Å². The molecule has 2 aromatic rings. The lowest BCUT2D eigenvalue weighted by molar-refractivity contribution is -0.120. The quantitative estimate of drug-likeness (QED) is 0.583. The molecule has 1 saturated carbocycles. The highest BCUT2D eigenvalue weighted by atomic mass is 32.2. The Hall–Kier alpha value is -2.38. The maximum Gasteiger partial charge on any atom is 0.240 e. The van der Waals surface area contributed by atoms with Gasteiger partial charge >= 0.3 is 0 Å². The van der Waals surface area contributed by atoms with E-state index in [9.17, 15) is 13.2 Å². The van der Waals surface area contributed by atoms with Gasteiger partial charge in [0.15, 0.2) is 0 Å². The second-order valence-electron chi connectivity index (χ2n) is 9.00. The van der Waals surface area contributed by atoms with Gasteiger partial charge in [0.2, 0.25) is 15.9 Å². The largest absolute Gasteiger partial charge is 0.372 e. The van der Waals surface area contributed by atoms with Crippen LogP contribution in [0.1, 0.15) is 44.2 Å². The van der Waals surface area contributed by atoms with Crippen LogP contribution in [-0.4, -0.2) is 40.0 Å². The summed E-state index contributed by atoms with van der Waals surface area (Å²) in [6.07, 6.45) is 3.34. The van der Waals surface area contributed by atoms with Crippen molar-refractivity contribution >= 4 is 27.3 Å². The minimum atomic E-state index is -3.59. The van der Waals surface area contributed by atoms with Gasteiger partial charge in [0.1, 0.15) is 0 Å². The number of aryl methyl sites for hydroxylation is 1. The van der Waals surface area contributed by atoms with Crippen LogP contribution in [-0.2, 0) is 21.2 Å². The zero-order valence-electron chi connectivity index (χ0n) is 19.2. The average Bonchev–Trinajstić information content (AvgIpc) is 3.55. The van der Waals surface area contributed by atoms with E-state index in [-0.39, 0.29) is 22.8 Å². The molecule has 0 saturated heterocycles. The van der Waals surface area contributed by atoms with E-state index in [0.717, 1.165) is 42.9 Å². The van der Waals surface area contributed by atoms with E-state index in [0.29, 0.717) is 19.4 Å². The van der Waals surface area contributed by atoms with Gasteiger partial charge in [-0.2, -0.15) is 0 Å². The van der Waals surface area contributed by atoms with E-state index < -0.39 is 10.0 Å². The topological polar surface area (TPSA) is 69.7 Å². The minimum Gasteiger partial charge on any atom is -0.372 e. The SMILES string of the molecule is CCN(CCCNS(=O)(=O)c1ccc2c(c1)C[C@H](C)N2C(=O)C1CC1)c1cccc(C)c1. The fourth-order valence-electron chi connectivity index (χ4n) is 4.49. The van der Waals surface area contributed by atoms with Gasteiger partial charge in [-0.05, 0) is 87.9 Å². The Morgan fingerprint density at radius 1 is 1.19 bits per heavy atom. The molecule has 1 N–H and O–H groups in total. The molecule has 1 atom stereocenters. The number of amides is 1. The number of anilines is 2. The first-order chi connectivity index (χ1) is 15.3. The maximum absolute atomic E-state index is 12.9. The molecule has 7 heteroatoms. The van der Waals surface area contributed by atoms with Gasteiger partial charge in [-0.25, -0.2) is 13.1 Å². The number of benzene rings is 2. The number of fused-ring (bicyclic) bond motifs is 1. The smallest absolute Gasteiger partial charge is 0.240 e. The summed E-state index contributed by atoms with van der Waals surface area (Å²) in [4.78, 5) is 17.0. The van der Waals surface area contributed by atoms with Crippen molar-refractivity contribution in [3.05, 3.63) is 53.6 Å². The Morgan fingerprint density at radius 2 is 1.97 bits per heavy atom. The van der Waals surface area contributed by atoms with Gasteiger partial charge in [-0.1, -0.05) is 12.1 Å². The third-order valence-electron chi connectivity index (χ3n) is 6.39. The minimum absolute atomic E-state index is 0.0747. The van der Waals surface area contributed by atoms with Crippen LogP contribution in [0.4, 0.5) is 11.4 Å². The van der Waals surface area contributed by atoms with Crippen LogP contribution in [0.5, 0.6) is 0 Å². The van der Waals surface area contributed by atoms with Crippen molar-refractivity contribution in [2.75, 3.05) is 29.4 Å². The summed E-state index contributed by atoms with van der Waals surface area (Å²) in [5.41, 5.74) is 4.18. The summed E-state index contributed by atoms with van der Waals surface area (Å²) in [5, 5.41) is 0. The summed E-state index contributed by atoms with van der Waals surface area (Å²) in [6.45, 7) is 8.24. The number of nitrogens with zero attached hydrogens (tertiary/aromatic N) is 2. The van der Waals surface area contributed by atoms with Crippen LogP contribution in [0.25, 0.3) is 0 Å². The molecule has 0 aromatic heterocycles. The predicted molar refractivity (Wildman–Crippen MR) is 129 cm³/mol. The first-order valence-corrected chi connectivity index (χ1v) is 13.1. The van der Waals surface area contributed by atoms with Crippen LogP contribution in [0.3, 0.4) is 0 Å². The van der Waals surface area contributed by atoms with Gasteiger partial charge in [-0.15, -0.1) is 0 Å². The molecule has 1 heterocycles. The molecule has 1 aliphatic carbocycles. The van der Waals surface area contributed by atoms with E-state index in [4.69, 9.17) is 0 Å². The monoisotopic (exact) mass is 455 g/mol. The zero-order valence-corrected chi connectivity index (χ0v) is 20.0. The highest BCUT2D eigenvalue weighted by molar-refractivity contribution is 7.89. The molecule has 172 valence electrons. The van der Waals surface area contributed by atoms with Crippen LogP contribution >= 0.6 is 0 Å². The van der Waals surface area contributed by atoms with Crippen LogP contribution in [0.15, 0.2) is 47.4 Å². The number of hydrogen-bond acceptors (Lipinski definition) is 4. The number of carbonyl (C=O) groups excluding carboxylic acids is 1. The molecule has 0 spiro atoms. The molecule has 1 amide bonds. The Bertz CT molecular complexity index is 1100. The number of nitrogens with one attached hydrogen (secondary N) is 1. The number of hydrogen-bond donors (Lipinski definition) is 1. The van der Waals surface area contributed by atoms with Crippen molar-refractivity contribution in [2.45, 2.75) is 57.4 Å². The molecule has 2 aromatic carbocycles. The van der Waals surface area contributed by atoms with Gasteiger partial charge < -0.3 is 9.80 Å². The second kappa shape index (κ2) is 9.24. The molecular formula is C25H33N3O3S. The standard InChI is InChI=1S/C25H33N3O3S/c1-4-27(22-8-5-7-18(2)15-22)14-6-13-26-32(30,31)23-11-12-24-21(17-23)16-19(3)28(24)25(29)20-9-10-20/h5,7-8,11-12,15,17,19-20,26H,4,6,9-10,13-14,16H2,1-3H3/t19-/m0/s1. The maximum atomic E-state index is 12.9. The second-order valence-corrected chi connectivity index (χ2v) is 10.8. The molecule has 6 nitrogen and oxygen atoms in total. The van der Waals surface area contributed by atoms with Crippen LogP contribution in [0.2, 0.25) is 0 Å². The summed E-state index contributed by atoms with van der Waals surface area (Å²) in [5.74, 6) is 0.329. The Balaban J connectivity index is 1.37. The lowest BCUT2D eigenvalue weighted by Crippen LogP contribution is -2.36. The average molecular weight is 456 g/mol. The molecule has 0 bridgehead atoms. The fourth-order valence-corrected chi connectivity index (χ4v) is 5.62. The van der Waals surface area contributed by atoms with Crippen molar-refractivity contribution in [3.63, 3.8) is 0 Å². The molecule has 1 fully saturated rings. The van der Waals surface area contributed by atoms with Gasteiger partial charge in [0, 0.05) is 43.0 Å². The molecule has 32 heavy (non-hydrogen) atoms. The molecule has 1 aliphatic heterocycles. The van der Waals surface area contributed by atoms with Crippen molar-refractivity contribution in [2.24, 2.45) is 5.92 Å². The van der Waals surface area contributed by atoms with Gasteiger partial charge in [0.25, 0.3) is 0 Å². The Morgan fingerprint density at radius 3 is 2.66 bits per heavy atom. The van der Waals surface area contributed by atoms with Crippen molar-refractivity contribution < 1.29 is 13.2 Å². The molecule has 4 rings (SSSR count). The number of carbonyl (C=O) groups is 1. The molecule has 2 aliphatic rings. The Kier molecular flexibility index (Phi) is 6.58. The normalized spacial score (nSPS) is 18.0. The van der Waals surface area contributed by atoms with E-state index in [1.807, 2.05) is 17.9 Å². The van der Waals surface area contributed by atoms with Gasteiger partial charge in [-0.3, -0.25) is 4.79 Å². The number of rotatable bonds is 9. The van der Waals surface area contributed by atoms with E-state index in [2.05, 4.69) is 41.7 Å². The first-order valence-electron chi connectivity index (χ1n) is 11.6. The lowest BCUT2D eigenvalue weighted by atomic mass is 10.1. The summed E-state index contributed by atoms with van der Waals surface area (Å²) in [6, 6.07) is 13.6. The molecular weight excluding hydrogens is 422 g/mol. The van der Waals surface area contributed by atoms with E-state index >= 15 is 0 Å². The third-order valence-corrected chi connectivity index (χ3v) is 7.85. The van der Waals surface area contributed by atoms with E-state index in [1.54, 1.807) is 18.2 Å². The lowest BCUT2D eigenvalue weighted by Gasteiger charge is -2.23. The zero-order chi connectivity index (χ0) is 22.9. The van der Waals surface area contributed by atoms with Crippen molar-refractivity contribution in [3.8, 4) is 0 Å². The highest BCUT2D eigenvalue weighted by Gasteiger charge is 2.39. The molecule has 0 unspecified atom stereocenters. The van der Waals surface area contributed by atoms with Crippen molar-refractivity contribution in [1.82, 2.24) is 4.72 Å². The predicted octanol–water partition coefficient (Wildman–Crippen LogP) is 3.88. The fraction of sp³-hybridized carbons (Fsp3) is 0.480. The summed E-state index contributed by atoms with van der Waals surface area (Å²) in [7, 11) is -3.59. The summed E-state index contributed by atoms with van der Waals surface area (Å²) < 4.78 is 28.5. The first kappa shape index (κ1) is 22.8. The molecule has 0 radical (unpaired) electrons.